The SMILES string of the molecule is N#Cc1cc(C(F)F)cnc1S(=O)(=O)Cl. The van der Waals surface area contributed by atoms with Crippen LogP contribution in [0.4, 0.5) is 8.78 Å². The van der Waals surface area contributed by atoms with Crippen LogP contribution < -0.4 is 0 Å². The van der Waals surface area contributed by atoms with E-state index in [0.29, 0.717) is 6.20 Å². The third kappa shape index (κ3) is 2.61. The zero-order valence-electron chi connectivity index (χ0n) is 6.99. The number of nitriles is 1. The lowest BCUT2D eigenvalue weighted by molar-refractivity contribution is 0.151. The highest BCUT2D eigenvalue weighted by Gasteiger charge is 2.20. The van der Waals surface area contributed by atoms with E-state index < -0.39 is 31.6 Å². The van der Waals surface area contributed by atoms with E-state index in [1.807, 2.05) is 0 Å². The molecule has 0 atom stereocenters. The van der Waals surface area contributed by atoms with Gasteiger partial charge in [0.2, 0.25) is 0 Å². The van der Waals surface area contributed by atoms with Gasteiger partial charge in [-0.25, -0.2) is 22.2 Å². The van der Waals surface area contributed by atoms with Crippen LogP contribution >= 0.6 is 10.7 Å². The second kappa shape index (κ2) is 4.08. The number of rotatable bonds is 2. The van der Waals surface area contributed by atoms with Gasteiger partial charge in [-0.15, -0.1) is 0 Å². The quantitative estimate of drug-likeness (QED) is 0.753. The molecular weight excluding hydrogens is 250 g/mol. The molecule has 0 aliphatic carbocycles. The van der Waals surface area contributed by atoms with Crippen molar-refractivity contribution in [1.29, 1.82) is 5.26 Å². The predicted molar refractivity (Wildman–Crippen MR) is 46.9 cm³/mol. The summed E-state index contributed by atoms with van der Waals surface area (Å²) in [4.78, 5) is 3.22. The molecule has 0 fully saturated rings. The normalized spacial score (nSPS) is 11.4. The first-order valence-corrected chi connectivity index (χ1v) is 5.80. The summed E-state index contributed by atoms with van der Waals surface area (Å²) >= 11 is 0. The molecule has 0 amide bonds. The molecule has 15 heavy (non-hydrogen) atoms. The maximum Gasteiger partial charge on any atom is 0.280 e. The van der Waals surface area contributed by atoms with Crippen molar-refractivity contribution in [1.82, 2.24) is 4.98 Å². The highest BCUT2D eigenvalue weighted by molar-refractivity contribution is 8.13. The molecule has 0 spiro atoms. The smallest absolute Gasteiger partial charge is 0.242 e. The van der Waals surface area contributed by atoms with Crippen molar-refractivity contribution >= 4 is 19.7 Å². The Morgan fingerprint density at radius 3 is 2.53 bits per heavy atom. The average Bonchev–Trinajstić information content (AvgIpc) is 2.15. The van der Waals surface area contributed by atoms with E-state index in [-0.39, 0.29) is 0 Å². The van der Waals surface area contributed by atoms with Gasteiger partial charge in [-0.05, 0) is 6.07 Å². The summed E-state index contributed by atoms with van der Waals surface area (Å²) in [6, 6.07) is 2.18. The van der Waals surface area contributed by atoms with Crippen LogP contribution in [0.15, 0.2) is 17.3 Å². The summed E-state index contributed by atoms with van der Waals surface area (Å²) in [6.07, 6.45) is -2.16. The van der Waals surface area contributed by atoms with Crippen LogP contribution in [-0.2, 0) is 9.05 Å². The van der Waals surface area contributed by atoms with Crippen molar-refractivity contribution in [3.05, 3.63) is 23.4 Å². The first kappa shape index (κ1) is 11.8. The standard InChI is InChI=1S/C7H3ClF2N2O2S/c8-15(13,14)7-4(2-11)1-5(3-12-7)6(9)10/h1,3,6H. The van der Waals surface area contributed by atoms with Crippen LogP contribution in [0, 0.1) is 11.3 Å². The van der Waals surface area contributed by atoms with Gasteiger partial charge in [0.1, 0.15) is 6.07 Å². The van der Waals surface area contributed by atoms with Gasteiger partial charge in [0, 0.05) is 22.4 Å². The van der Waals surface area contributed by atoms with E-state index in [1.54, 1.807) is 0 Å². The van der Waals surface area contributed by atoms with Crippen molar-refractivity contribution in [2.75, 3.05) is 0 Å². The Hall–Kier alpha value is -1.26. The van der Waals surface area contributed by atoms with Crippen LogP contribution in [0.1, 0.15) is 17.6 Å². The van der Waals surface area contributed by atoms with E-state index in [1.165, 1.54) is 6.07 Å². The maximum atomic E-state index is 12.2. The minimum Gasteiger partial charge on any atom is -0.242 e. The summed E-state index contributed by atoms with van der Waals surface area (Å²) in [5, 5.41) is 7.82. The fraction of sp³-hybridized carbons (Fsp3) is 0.143. The monoisotopic (exact) mass is 252 g/mol. The third-order valence-electron chi connectivity index (χ3n) is 1.48. The van der Waals surface area contributed by atoms with Gasteiger partial charge in [0.25, 0.3) is 15.5 Å². The topological polar surface area (TPSA) is 70.8 Å². The molecule has 1 aromatic rings. The molecule has 0 aliphatic rings. The number of halogens is 3. The molecule has 0 aliphatic heterocycles. The Morgan fingerprint density at radius 1 is 1.53 bits per heavy atom. The van der Waals surface area contributed by atoms with E-state index >= 15 is 0 Å². The highest BCUT2D eigenvalue weighted by atomic mass is 35.7. The van der Waals surface area contributed by atoms with Gasteiger partial charge in [0.05, 0.1) is 5.56 Å². The van der Waals surface area contributed by atoms with E-state index in [2.05, 4.69) is 4.98 Å². The Balaban J connectivity index is 3.43. The van der Waals surface area contributed by atoms with Gasteiger partial charge in [-0.2, -0.15) is 5.26 Å². The Morgan fingerprint density at radius 2 is 2.13 bits per heavy atom. The first-order chi connectivity index (χ1) is 6.86. The number of alkyl halides is 2. The van der Waals surface area contributed by atoms with Crippen molar-refractivity contribution < 1.29 is 17.2 Å². The van der Waals surface area contributed by atoms with Crippen LogP contribution in [0.3, 0.4) is 0 Å². The van der Waals surface area contributed by atoms with E-state index in [0.717, 1.165) is 6.07 Å². The summed E-state index contributed by atoms with van der Waals surface area (Å²) in [5.41, 5.74) is -1.03. The van der Waals surface area contributed by atoms with Crippen LogP contribution in [-0.4, -0.2) is 13.4 Å². The minimum atomic E-state index is -4.19. The lowest BCUT2D eigenvalue weighted by atomic mass is 10.2. The molecule has 1 rings (SSSR count). The zero-order chi connectivity index (χ0) is 11.6. The van der Waals surface area contributed by atoms with Crippen LogP contribution in [0.5, 0.6) is 0 Å². The van der Waals surface area contributed by atoms with Gasteiger partial charge in [-0.1, -0.05) is 0 Å². The summed E-state index contributed by atoms with van der Waals surface area (Å²) in [5.74, 6) is 0. The lowest BCUT2D eigenvalue weighted by Gasteiger charge is -2.02. The first-order valence-electron chi connectivity index (χ1n) is 3.49. The van der Waals surface area contributed by atoms with Gasteiger partial charge in [0.15, 0.2) is 5.03 Å². The molecule has 0 unspecified atom stereocenters. The Bertz CT molecular complexity index is 524. The second-order valence-electron chi connectivity index (χ2n) is 2.47. The predicted octanol–water partition coefficient (Wildman–Crippen LogP) is 1.82. The van der Waals surface area contributed by atoms with Crippen molar-refractivity contribution in [3.8, 4) is 6.07 Å². The molecule has 0 N–H and O–H groups in total. The summed E-state index contributed by atoms with van der Waals surface area (Å²) in [6.45, 7) is 0. The van der Waals surface area contributed by atoms with Crippen molar-refractivity contribution in [2.45, 2.75) is 11.5 Å². The fourth-order valence-corrected chi connectivity index (χ4v) is 1.78. The second-order valence-corrected chi connectivity index (χ2v) is 4.95. The lowest BCUT2D eigenvalue weighted by Crippen LogP contribution is -2.01. The zero-order valence-corrected chi connectivity index (χ0v) is 8.56. The van der Waals surface area contributed by atoms with E-state index in [9.17, 15) is 17.2 Å². The van der Waals surface area contributed by atoms with E-state index in [4.69, 9.17) is 15.9 Å². The molecule has 80 valence electrons. The largest absolute Gasteiger partial charge is 0.280 e. The molecule has 4 nitrogen and oxygen atoms in total. The van der Waals surface area contributed by atoms with Gasteiger partial charge >= 0.3 is 0 Å². The molecule has 0 saturated heterocycles. The van der Waals surface area contributed by atoms with Crippen molar-refractivity contribution in [3.63, 3.8) is 0 Å². The highest BCUT2D eigenvalue weighted by Crippen LogP contribution is 2.23. The van der Waals surface area contributed by atoms with Gasteiger partial charge < -0.3 is 0 Å². The molecule has 1 heterocycles. The number of hydrogen-bond donors (Lipinski definition) is 0. The summed E-state index contributed by atoms with van der Waals surface area (Å²) < 4.78 is 46.1. The minimum absolute atomic E-state index is 0.497. The number of nitrogens with zero attached hydrogens (tertiary/aromatic N) is 2. The number of pyridine rings is 1. The summed E-state index contributed by atoms with van der Waals surface area (Å²) in [7, 11) is 0.751. The van der Waals surface area contributed by atoms with Crippen molar-refractivity contribution in [2.24, 2.45) is 0 Å². The van der Waals surface area contributed by atoms with Crippen LogP contribution in [0.25, 0.3) is 0 Å². The molecule has 0 radical (unpaired) electrons. The fourth-order valence-electron chi connectivity index (χ4n) is 0.862. The van der Waals surface area contributed by atoms with Crippen LogP contribution in [0.2, 0.25) is 0 Å². The Labute approximate surface area is 88.5 Å². The molecular formula is C7H3ClF2N2O2S. The number of hydrogen-bond acceptors (Lipinski definition) is 4. The molecule has 0 bridgehead atoms. The van der Waals surface area contributed by atoms with Gasteiger partial charge in [-0.3, -0.25) is 0 Å². The average molecular weight is 253 g/mol. The molecule has 8 heteroatoms. The number of aromatic nitrogens is 1. The molecule has 1 aromatic heterocycles. The molecule has 0 aromatic carbocycles. The Kier molecular flexibility index (Phi) is 3.21. The molecule has 0 saturated carbocycles. The third-order valence-corrected chi connectivity index (χ3v) is 2.70. The maximum absolute atomic E-state index is 12.2.